The smallest absolute Gasteiger partial charge is 0.124 e. The van der Waals surface area contributed by atoms with Gasteiger partial charge in [-0.15, -0.1) is 0 Å². The fourth-order valence-electron chi connectivity index (χ4n) is 2.90. The highest BCUT2D eigenvalue weighted by molar-refractivity contribution is 8.00. The van der Waals surface area contributed by atoms with Crippen LogP contribution in [0.3, 0.4) is 0 Å². The molecule has 0 aromatic heterocycles. The van der Waals surface area contributed by atoms with Crippen molar-refractivity contribution in [1.29, 1.82) is 0 Å². The van der Waals surface area contributed by atoms with Gasteiger partial charge in [-0.2, -0.15) is 11.8 Å². The van der Waals surface area contributed by atoms with Crippen molar-refractivity contribution in [3.63, 3.8) is 0 Å². The van der Waals surface area contributed by atoms with E-state index in [1.165, 1.54) is 24.2 Å². The van der Waals surface area contributed by atoms with Crippen molar-refractivity contribution < 1.29 is 4.74 Å². The van der Waals surface area contributed by atoms with E-state index in [9.17, 15) is 0 Å². The summed E-state index contributed by atoms with van der Waals surface area (Å²) < 4.78 is 6.25. The number of benzene rings is 1. The quantitative estimate of drug-likeness (QED) is 0.879. The Labute approximate surface area is 121 Å². The molecule has 106 valence electrons. The van der Waals surface area contributed by atoms with E-state index in [0.29, 0.717) is 6.04 Å². The van der Waals surface area contributed by atoms with E-state index in [2.05, 4.69) is 69.2 Å². The van der Waals surface area contributed by atoms with Gasteiger partial charge in [0, 0.05) is 10.3 Å². The zero-order valence-corrected chi connectivity index (χ0v) is 13.2. The van der Waals surface area contributed by atoms with Crippen LogP contribution in [0.25, 0.3) is 0 Å². The Balaban J connectivity index is 2.32. The Bertz CT molecular complexity index is 413. The van der Waals surface area contributed by atoms with Gasteiger partial charge in [0.1, 0.15) is 5.75 Å². The van der Waals surface area contributed by atoms with Gasteiger partial charge in [-0.25, -0.2) is 0 Å². The van der Waals surface area contributed by atoms with Gasteiger partial charge in [0.15, 0.2) is 0 Å². The molecule has 0 saturated carbocycles. The molecule has 0 radical (unpaired) electrons. The van der Waals surface area contributed by atoms with Crippen molar-refractivity contribution in [2.24, 2.45) is 0 Å². The molecular weight excluding hydrogens is 254 g/mol. The summed E-state index contributed by atoms with van der Waals surface area (Å²) in [6.45, 7) is 6.53. The first kappa shape index (κ1) is 14.7. The Kier molecular flexibility index (Phi) is 4.80. The Morgan fingerprint density at radius 1 is 1.32 bits per heavy atom. The Morgan fingerprint density at radius 2 is 2.05 bits per heavy atom. The van der Waals surface area contributed by atoms with Gasteiger partial charge in [-0.05, 0) is 52.5 Å². The first-order valence-corrected chi connectivity index (χ1v) is 8.12. The highest BCUT2D eigenvalue weighted by Gasteiger charge is 2.39. The van der Waals surface area contributed by atoms with Gasteiger partial charge in [0.2, 0.25) is 0 Å². The number of ether oxygens (including phenoxy) is 1. The third-order valence-corrected chi connectivity index (χ3v) is 5.33. The lowest BCUT2D eigenvalue weighted by molar-refractivity contribution is 0.236. The average Bonchev–Trinajstić information content (AvgIpc) is 2.79. The van der Waals surface area contributed by atoms with Gasteiger partial charge in [0.25, 0.3) is 0 Å². The first-order chi connectivity index (χ1) is 9.07. The summed E-state index contributed by atoms with van der Waals surface area (Å²) in [5.74, 6) is 2.28. The second-order valence-electron chi connectivity index (χ2n) is 5.69. The topological polar surface area (TPSA) is 21.3 Å². The van der Waals surface area contributed by atoms with E-state index in [0.717, 1.165) is 5.75 Å². The molecule has 0 aliphatic carbocycles. The molecule has 0 spiro atoms. The Morgan fingerprint density at radius 3 is 2.63 bits per heavy atom. The van der Waals surface area contributed by atoms with Crippen LogP contribution in [0.5, 0.6) is 5.75 Å². The monoisotopic (exact) mass is 279 g/mol. The van der Waals surface area contributed by atoms with Crippen molar-refractivity contribution in [2.75, 3.05) is 12.8 Å². The molecule has 2 nitrogen and oxygen atoms in total. The number of hydrogen-bond donors (Lipinski definition) is 1. The summed E-state index contributed by atoms with van der Waals surface area (Å²) in [4.78, 5) is 0. The molecule has 2 unspecified atom stereocenters. The molecule has 1 N–H and O–H groups in total. The van der Waals surface area contributed by atoms with Crippen LogP contribution in [0.15, 0.2) is 24.3 Å². The number of para-hydroxylation sites is 1. The van der Waals surface area contributed by atoms with Gasteiger partial charge in [0.05, 0.1) is 12.1 Å². The van der Waals surface area contributed by atoms with Crippen LogP contribution in [0.4, 0.5) is 0 Å². The minimum absolute atomic E-state index is 0.211. The molecule has 1 aliphatic heterocycles. The lowest BCUT2D eigenvalue weighted by Gasteiger charge is -2.34. The lowest BCUT2D eigenvalue weighted by Crippen LogP contribution is -2.36. The Hall–Kier alpha value is -0.670. The maximum atomic E-state index is 5.98. The lowest BCUT2D eigenvalue weighted by atomic mass is 9.90. The summed E-state index contributed by atoms with van der Waals surface area (Å²) in [7, 11) is 2.06. The van der Waals surface area contributed by atoms with Crippen LogP contribution in [-0.2, 0) is 0 Å². The summed E-state index contributed by atoms with van der Waals surface area (Å²) in [6.07, 6.45) is 2.79. The molecule has 3 heteroatoms. The third-order valence-electron chi connectivity index (χ3n) is 3.74. The molecule has 0 bridgehead atoms. The van der Waals surface area contributed by atoms with Crippen molar-refractivity contribution in [1.82, 2.24) is 5.32 Å². The molecule has 1 aliphatic rings. The average molecular weight is 279 g/mol. The van der Waals surface area contributed by atoms with Crippen molar-refractivity contribution in [3.8, 4) is 5.75 Å². The van der Waals surface area contributed by atoms with Crippen LogP contribution in [0, 0.1) is 0 Å². The standard InChI is InChI=1S/C16H25NOS/c1-12(2)18-14-9-6-5-8-13(14)15(17-4)16(3)10-7-11-19-16/h5-6,8-9,12,15,17H,7,10-11H2,1-4H3. The van der Waals surface area contributed by atoms with E-state index in [-0.39, 0.29) is 10.9 Å². The molecular formula is C16H25NOS. The molecule has 19 heavy (non-hydrogen) atoms. The van der Waals surface area contributed by atoms with Crippen LogP contribution >= 0.6 is 11.8 Å². The molecule has 2 rings (SSSR count). The summed E-state index contributed by atoms with van der Waals surface area (Å²) in [5.41, 5.74) is 1.29. The van der Waals surface area contributed by atoms with Crippen LogP contribution in [-0.4, -0.2) is 23.7 Å². The predicted molar refractivity (Wildman–Crippen MR) is 84.1 cm³/mol. The minimum Gasteiger partial charge on any atom is -0.491 e. The highest BCUT2D eigenvalue weighted by atomic mass is 32.2. The number of hydrogen-bond acceptors (Lipinski definition) is 3. The minimum atomic E-state index is 0.211. The van der Waals surface area contributed by atoms with Crippen LogP contribution in [0.1, 0.15) is 45.2 Å². The molecule has 1 aromatic rings. The van der Waals surface area contributed by atoms with Gasteiger partial charge in [-0.1, -0.05) is 18.2 Å². The van der Waals surface area contributed by atoms with Gasteiger partial charge < -0.3 is 10.1 Å². The fourth-order valence-corrected chi connectivity index (χ4v) is 4.35. The van der Waals surface area contributed by atoms with Crippen molar-refractivity contribution in [3.05, 3.63) is 29.8 Å². The SMILES string of the molecule is CNC(c1ccccc1OC(C)C)C1(C)CCCS1. The molecule has 1 aromatic carbocycles. The predicted octanol–water partition coefficient (Wildman–Crippen LogP) is 4.02. The molecule has 1 heterocycles. The maximum absolute atomic E-state index is 5.98. The molecule has 0 amide bonds. The number of rotatable bonds is 5. The second kappa shape index (κ2) is 6.19. The summed E-state index contributed by atoms with van der Waals surface area (Å²) in [5, 5.41) is 3.51. The highest BCUT2D eigenvalue weighted by Crippen LogP contribution is 2.48. The van der Waals surface area contributed by atoms with Crippen molar-refractivity contribution in [2.45, 2.75) is 50.5 Å². The zero-order valence-electron chi connectivity index (χ0n) is 12.4. The van der Waals surface area contributed by atoms with E-state index in [1.807, 2.05) is 0 Å². The van der Waals surface area contributed by atoms with E-state index in [1.54, 1.807) is 0 Å². The maximum Gasteiger partial charge on any atom is 0.124 e. The fraction of sp³-hybridized carbons (Fsp3) is 0.625. The zero-order chi connectivity index (χ0) is 13.9. The van der Waals surface area contributed by atoms with E-state index in [4.69, 9.17) is 4.74 Å². The third kappa shape index (κ3) is 3.26. The summed E-state index contributed by atoms with van der Waals surface area (Å²) in [6, 6.07) is 8.79. The van der Waals surface area contributed by atoms with Crippen molar-refractivity contribution >= 4 is 11.8 Å². The largest absolute Gasteiger partial charge is 0.491 e. The number of thioether (sulfide) groups is 1. The van der Waals surface area contributed by atoms with Crippen LogP contribution in [0.2, 0.25) is 0 Å². The molecule has 2 atom stereocenters. The van der Waals surface area contributed by atoms with Gasteiger partial charge in [-0.3, -0.25) is 0 Å². The molecule has 1 saturated heterocycles. The normalized spacial score (nSPS) is 24.7. The van der Waals surface area contributed by atoms with E-state index < -0.39 is 0 Å². The van der Waals surface area contributed by atoms with Gasteiger partial charge >= 0.3 is 0 Å². The van der Waals surface area contributed by atoms with Crippen LogP contribution < -0.4 is 10.1 Å². The first-order valence-electron chi connectivity index (χ1n) is 7.13. The van der Waals surface area contributed by atoms with E-state index >= 15 is 0 Å². The summed E-state index contributed by atoms with van der Waals surface area (Å²) >= 11 is 2.08. The number of nitrogens with one attached hydrogen (secondary N) is 1. The molecule has 1 fully saturated rings. The second-order valence-corrected chi connectivity index (χ2v) is 7.32.